The molecule has 1 aliphatic rings. The van der Waals surface area contributed by atoms with Crippen molar-refractivity contribution in [3.8, 4) is 0 Å². The molecule has 0 radical (unpaired) electrons. The zero-order valence-corrected chi connectivity index (χ0v) is 36.0. The maximum atomic E-state index is 14.2. The van der Waals surface area contributed by atoms with Gasteiger partial charge in [-0.25, -0.2) is 18.8 Å². The first-order valence-electron chi connectivity index (χ1n) is 21.4. The number of carboxylic acid groups (broad SMARTS) is 3. The highest BCUT2D eigenvalue weighted by molar-refractivity contribution is 5.90. The second-order valence-corrected chi connectivity index (χ2v) is 15.5. The summed E-state index contributed by atoms with van der Waals surface area (Å²) in [6, 6.07) is -0.878. The van der Waals surface area contributed by atoms with E-state index in [0.717, 1.165) is 0 Å². The van der Waals surface area contributed by atoms with Crippen molar-refractivity contribution in [1.29, 1.82) is 0 Å². The van der Waals surface area contributed by atoms with Gasteiger partial charge in [0.2, 0.25) is 23.6 Å². The summed E-state index contributed by atoms with van der Waals surface area (Å²) in [4.78, 5) is 99.8. The predicted octanol–water partition coefficient (Wildman–Crippen LogP) is 1.19. The Labute approximate surface area is 369 Å². The quantitative estimate of drug-likeness (QED) is 0.0476. The van der Waals surface area contributed by atoms with E-state index >= 15 is 0 Å². The molecule has 6 amide bonds. The number of rotatable bonds is 31. The average Bonchev–Trinajstić information content (AvgIpc) is 3.64. The second-order valence-electron chi connectivity index (χ2n) is 15.5. The predicted molar refractivity (Wildman–Crippen MR) is 226 cm³/mol. The molecule has 1 aliphatic carbocycles. The van der Waals surface area contributed by atoms with Gasteiger partial charge in [0, 0.05) is 68.8 Å². The summed E-state index contributed by atoms with van der Waals surface area (Å²) in [6.07, 6.45) is 3.80. The molecule has 0 saturated heterocycles. The van der Waals surface area contributed by atoms with E-state index < -0.39 is 66.6 Å². The van der Waals surface area contributed by atoms with Crippen LogP contribution >= 0.6 is 0 Å². The van der Waals surface area contributed by atoms with E-state index in [-0.39, 0.29) is 74.8 Å². The van der Waals surface area contributed by atoms with Crippen LogP contribution in [0.1, 0.15) is 76.7 Å². The van der Waals surface area contributed by atoms with Crippen LogP contribution in [0.3, 0.4) is 0 Å². The van der Waals surface area contributed by atoms with Gasteiger partial charge in [-0.3, -0.25) is 24.0 Å². The van der Waals surface area contributed by atoms with Crippen molar-refractivity contribution in [2.45, 2.75) is 95.7 Å². The minimum Gasteiger partial charge on any atom is -0.481 e. The van der Waals surface area contributed by atoms with Crippen molar-refractivity contribution in [2.75, 3.05) is 59.3 Å². The lowest BCUT2D eigenvalue weighted by molar-refractivity contribution is -0.141. The van der Waals surface area contributed by atoms with Gasteiger partial charge >= 0.3 is 23.9 Å². The minimum atomic E-state index is -1.55. The number of urea groups is 1. The number of carbonyl (C=O) groups is 8. The van der Waals surface area contributed by atoms with Crippen molar-refractivity contribution in [3.05, 3.63) is 35.8 Å². The first-order chi connectivity index (χ1) is 30.6. The topological polar surface area (TPSA) is 313 Å². The SMILES string of the molecule is CC(=O)NCCOCCOCCOCCC(=O)NCC1CCC(C(=O)N[C@@H](Cc2c[nH]c3ccc(F)cc23)C(=O)NCCCC[C@H](NC(=O)N[C@@H](CCC(=O)O)C(=O)O)C(=O)O)CC1. The van der Waals surface area contributed by atoms with Gasteiger partial charge in [-0.1, -0.05) is 0 Å². The van der Waals surface area contributed by atoms with Crippen LogP contribution in [0.4, 0.5) is 9.18 Å². The molecule has 356 valence electrons. The zero-order chi connectivity index (χ0) is 46.9. The number of unbranched alkanes of at least 4 members (excludes halogenated alkanes) is 1. The van der Waals surface area contributed by atoms with Gasteiger partial charge in [0.05, 0.1) is 39.6 Å². The highest BCUT2D eigenvalue weighted by Crippen LogP contribution is 2.29. The van der Waals surface area contributed by atoms with Crippen LogP contribution in [-0.4, -0.2) is 145 Å². The van der Waals surface area contributed by atoms with Gasteiger partial charge in [-0.15, -0.1) is 0 Å². The lowest BCUT2D eigenvalue weighted by atomic mass is 9.81. The van der Waals surface area contributed by atoms with E-state index in [1.54, 1.807) is 12.3 Å². The van der Waals surface area contributed by atoms with E-state index in [1.165, 1.54) is 19.1 Å². The third-order valence-corrected chi connectivity index (χ3v) is 10.5. The molecule has 1 aromatic heterocycles. The second kappa shape index (κ2) is 28.7. The molecule has 0 aliphatic heterocycles. The van der Waals surface area contributed by atoms with E-state index in [1.807, 2.05) is 0 Å². The zero-order valence-electron chi connectivity index (χ0n) is 36.0. The van der Waals surface area contributed by atoms with Crippen LogP contribution in [0.15, 0.2) is 24.4 Å². The number of ether oxygens (including phenoxy) is 3. The molecule has 21 nitrogen and oxygen atoms in total. The summed E-state index contributed by atoms with van der Waals surface area (Å²) in [7, 11) is 0. The molecule has 10 N–H and O–H groups in total. The molecule has 64 heavy (non-hydrogen) atoms. The summed E-state index contributed by atoms with van der Waals surface area (Å²) in [5.74, 6) is -5.91. The number of fused-ring (bicyclic) bond motifs is 1. The average molecular weight is 908 g/mol. The maximum Gasteiger partial charge on any atom is 0.326 e. The fourth-order valence-electron chi connectivity index (χ4n) is 6.97. The molecule has 3 rings (SSSR count). The molecule has 1 saturated carbocycles. The summed E-state index contributed by atoms with van der Waals surface area (Å²) < 4.78 is 30.4. The van der Waals surface area contributed by atoms with Gasteiger partial charge in [0.15, 0.2) is 0 Å². The Bertz CT molecular complexity index is 1850. The molecule has 1 aromatic carbocycles. The van der Waals surface area contributed by atoms with Crippen LogP contribution in [-0.2, 0) is 54.2 Å². The van der Waals surface area contributed by atoms with Crippen molar-refractivity contribution in [2.24, 2.45) is 11.8 Å². The largest absolute Gasteiger partial charge is 0.481 e. The number of benzene rings is 1. The van der Waals surface area contributed by atoms with Crippen LogP contribution in [0.2, 0.25) is 0 Å². The number of aliphatic carboxylic acids is 3. The Morgan fingerprint density at radius 1 is 0.734 bits per heavy atom. The van der Waals surface area contributed by atoms with Crippen LogP contribution in [0.25, 0.3) is 10.9 Å². The first kappa shape index (κ1) is 52.5. The molecule has 0 spiro atoms. The Hall–Kier alpha value is -5.87. The molecule has 1 heterocycles. The Morgan fingerprint density at radius 2 is 1.38 bits per heavy atom. The van der Waals surface area contributed by atoms with E-state index in [0.29, 0.717) is 88.3 Å². The maximum absolute atomic E-state index is 14.2. The van der Waals surface area contributed by atoms with Gasteiger partial charge in [0.25, 0.3) is 0 Å². The molecule has 0 bridgehead atoms. The van der Waals surface area contributed by atoms with Crippen LogP contribution < -0.4 is 31.9 Å². The van der Waals surface area contributed by atoms with E-state index in [4.69, 9.17) is 19.3 Å². The number of halogens is 1. The number of hydrogen-bond acceptors (Lipinski definition) is 11. The van der Waals surface area contributed by atoms with Gasteiger partial charge < -0.3 is 66.4 Å². The van der Waals surface area contributed by atoms with Crippen molar-refractivity contribution in [1.82, 2.24) is 36.9 Å². The summed E-state index contributed by atoms with van der Waals surface area (Å²) >= 11 is 0. The van der Waals surface area contributed by atoms with Crippen molar-refractivity contribution in [3.63, 3.8) is 0 Å². The van der Waals surface area contributed by atoms with E-state index in [9.17, 15) is 53.0 Å². The Kier molecular flexibility index (Phi) is 23.6. The third-order valence-electron chi connectivity index (χ3n) is 10.5. The van der Waals surface area contributed by atoms with E-state index in [2.05, 4.69) is 36.9 Å². The van der Waals surface area contributed by atoms with Gasteiger partial charge in [0.1, 0.15) is 23.9 Å². The number of carbonyl (C=O) groups excluding carboxylic acids is 5. The fraction of sp³-hybridized carbons (Fsp3) is 0.619. The van der Waals surface area contributed by atoms with Crippen molar-refractivity contribution >= 4 is 58.5 Å². The summed E-state index contributed by atoms with van der Waals surface area (Å²) in [5, 5.41) is 43.7. The molecule has 1 fully saturated rings. The normalized spacial score (nSPS) is 16.2. The number of hydrogen-bond donors (Lipinski definition) is 10. The number of carboxylic acids is 3. The first-order valence-corrected chi connectivity index (χ1v) is 21.4. The summed E-state index contributed by atoms with van der Waals surface area (Å²) in [5.41, 5.74) is 1.25. The number of H-pyrrole nitrogens is 1. The van der Waals surface area contributed by atoms with Crippen molar-refractivity contribution < 1.29 is 72.3 Å². The molecule has 2 aromatic rings. The standard InChI is InChI=1S/C42H62FN7O14/c1-26(51)44-15-17-63-19-21-64-20-18-62-16-13-36(52)47-24-27-5-7-28(8-6-27)38(55)48-35(22-29-25-46-32-10-9-30(43)23-31(29)32)39(56)45-14-3-2-4-33(40(57)58)49-42(61)50-34(41(59)60)11-12-37(53)54/h9-10,23,25,27-28,33-35,46H,2-8,11-22,24H2,1H3,(H,44,51)(H,45,56)(H,47,52)(H,48,55)(H,53,54)(H,57,58)(H,59,60)(H2,49,50,61)/t27?,28?,33-,34-,35-/m0/s1. The Balaban J connectivity index is 1.42. The molecule has 0 unspecified atom stereocenters. The minimum absolute atomic E-state index is 0.0418. The third kappa shape index (κ3) is 20.5. The molecule has 22 heteroatoms. The highest BCUT2D eigenvalue weighted by Gasteiger charge is 2.31. The number of aromatic amines is 1. The molecule has 3 atom stereocenters. The monoisotopic (exact) mass is 907 g/mol. The number of amides is 6. The Morgan fingerprint density at radius 3 is 2.02 bits per heavy atom. The molecular formula is C42H62FN7O14. The van der Waals surface area contributed by atoms with Gasteiger partial charge in [-0.2, -0.15) is 0 Å². The fourth-order valence-corrected chi connectivity index (χ4v) is 6.97. The lowest BCUT2D eigenvalue weighted by Gasteiger charge is -2.29. The van der Waals surface area contributed by atoms with Crippen LogP contribution in [0.5, 0.6) is 0 Å². The highest BCUT2D eigenvalue weighted by atomic mass is 19.1. The lowest BCUT2D eigenvalue weighted by Crippen LogP contribution is -2.51. The van der Waals surface area contributed by atoms with Crippen LogP contribution in [0, 0.1) is 17.7 Å². The summed E-state index contributed by atoms with van der Waals surface area (Å²) in [6.45, 7) is 4.48. The number of nitrogens with one attached hydrogen (secondary N) is 7. The molecular weight excluding hydrogens is 845 g/mol. The van der Waals surface area contributed by atoms with Gasteiger partial charge in [-0.05, 0) is 81.0 Å². The number of aromatic nitrogens is 1. The smallest absolute Gasteiger partial charge is 0.326 e.